The number of carbonyl (C=O) groups excluding carboxylic acids is 2. The molecular formula is C23H22ClN3O4. The highest BCUT2D eigenvalue weighted by molar-refractivity contribution is 6.32. The van der Waals surface area contributed by atoms with Crippen LogP contribution < -0.4 is 5.43 Å². The molecule has 0 aromatic heterocycles. The van der Waals surface area contributed by atoms with Crippen molar-refractivity contribution in [2.45, 2.75) is 13.3 Å². The molecule has 0 aliphatic heterocycles. The number of fused-ring (bicyclic) bond motifs is 1. The van der Waals surface area contributed by atoms with Crippen molar-refractivity contribution in [1.29, 1.82) is 0 Å². The second kappa shape index (κ2) is 10.1. The molecule has 0 heterocycles. The van der Waals surface area contributed by atoms with Crippen LogP contribution in [0.4, 0.5) is 0 Å². The summed E-state index contributed by atoms with van der Waals surface area (Å²) in [5.74, 6) is -0.698. The van der Waals surface area contributed by atoms with Crippen molar-refractivity contribution >= 4 is 40.4 Å². The van der Waals surface area contributed by atoms with E-state index in [1.165, 1.54) is 23.3 Å². The fourth-order valence-corrected chi connectivity index (χ4v) is 3.25. The minimum absolute atomic E-state index is 0.0859. The Balaban J connectivity index is 1.79. The molecule has 3 aromatic carbocycles. The molecule has 3 aromatic rings. The van der Waals surface area contributed by atoms with Crippen LogP contribution in [0.5, 0.6) is 5.75 Å². The maximum atomic E-state index is 12.4. The number of nitrogens with zero attached hydrogens (tertiary/aromatic N) is 2. The summed E-state index contributed by atoms with van der Waals surface area (Å²) in [5, 5.41) is 16.6. The Hall–Kier alpha value is -3.42. The SMILES string of the molecule is CCON(C)C(=O)Cc1ccc(/C=N/NC(=O)c2ccc(O)c(Cl)c2)c2ccccc12. The third kappa shape index (κ3) is 5.39. The van der Waals surface area contributed by atoms with Gasteiger partial charge in [-0.05, 0) is 41.5 Å². The number of benzene rings is 3. The predicted molar refractivity (Wildman–Crippen MR) is 120 cm³/mol. The Kier molecular flexibility index (Phi) is 7.23. The van der Waals surface area contributed by atoms with Crippen LogP contribution in [0.3, 0.4) is 0 Å². The van der Waals surface area contributed by atoms with Crippen LogP contribution in [-0.4, -0.2) is 41.9 Å². The van der Waals surface area contributed by atoms with Gasteiger partial charge in [0.25, 0.3) is 5.91 Å². The quantitative estimate of drug-likeness (QED) is 0.431. The molecule has 0 atom stereocenters. The van der Waals surface area contributed by atoms with Crippen LogP contribution in [0.15, 0.2) is 59.7 Å². The molecule has 0 radical (unpaired) electrons. The molecule has 0 saturated carbocycles. The number of hydroxylamine groups is 2. The maximum Gasteiger partial charge on any atom is 0.271 e. The fourth-order valence-electron chi connectivity index (χ4n) is 3.06. The lowest BCUT2D eigenvalue weighted by Crippen LogP contribution is -2.28. The lowest BCUT2D eigenvalue weighted by atomic mass is 9.98. The van der Waals surface area contributed by atoms with Gasteiger partial charge in [-0.15, -0.1) is 0 Å². The van der Waals surface area contributed by atoms with Gasteiger partial charge in [-0.3, -0.25) is 14.4 Å². The zero-order chi connectivity index (χ0) is 22.4. The van der Waals surface area contributed by atoms with E-state index in [2.05, 4.69) is 10.5 Å². The van der Waals surface area contributed by atoms with Crippen molar-refractivity contribution in [2.24, 2.45) is 5.10 Å². The minimum Gasteiger partial charge on any atom is -0.506 e. The number of likely N-dealkylation sites (N-methyl/N-ethyl adjacent to an activating group) is 1. The zero-order valence-corrected chi connectivity index (χ0v) is 17.9. The van der Waals surface area contributed by atoms with Gasteiger partial charge in [0.15, 0.2) is 0 Å². The number of phenols is 1. The van der Waals surface area contributed by atoms with Crippen molar-refractivity contribution < 1.29 is 19.5 Å². The first-order valence-corrected chi connectivity index (χ1v) is 10.0. The molecule has 7 nitrogen and oxygen atoms in total. The highest BCUT2D eigenvalue weighted by Gasteiger charge is 2.13. The average molecular weight is 440 g/mol. The van der Waals surface area contributed by atoms with E-state index in [4.69, 9.17) is 16.4 Å². The molecule has 0 saturated heterocycles. The van der Waals surface area contributed by atoms with Gasteiger partial charge in [0.1, 0.15) is 5.75 Å². The Labute approximate surface area is 184 Å². The van der Waals surface area contributed by atoms with Crippen LogP contribution in [0, 0.1) is 0 Å². The number of hydrogen-bond acceptors (Lipinski definition) is 5. The zero-order valence-electron chi connectivity index (χ0n) is 17.1. The van der Waals surface area contributed by atoms with E-state index in [9.17, 15) is 14.7 Å². The van der Waals surface area contributed by atoms with E-state index in [-0.39, 0.29) is 28.7 Å². The number of aromatic hydroxyl groups is 1. The molecule has 0 unspecified atom stereocenters. The van der Waals surface area contributed by atoms with Crippen molar-refractivity contribution in [3.63, 3.8) is 0 Å². The van der Waals surface area contributed by atoms with Crippen molar-refractivity contribution in [3.8, 4) is 5.75 Å². The number of carbonyl (C=O) groups is 2. The summed E-state index contributed by atoms with van der Waals surface area (Å²) in [6.45, 7) is 2.24. The molecule has 0 spiro atoms. The van der Waals surface area contributed by atoms with E-state index < -0.39 is 5.91 Å². The lowest BCUT2D eigenvalue weighted by molar-refractivity contribution is -0.175. The first-order chi connectivity index (χ1) is 14.9. The molecule has 0 bridgehead atoms. The average Bonchev–Trinajstić information content (AvgIpc) is 2.77. The Bertz CT molecular complexity index is 1150. The summed E-state index contributed by atoms with van der Waals surface area (Å²) in [7, 11) is 1.60. The molecule has 31 heavy (non-hydrogen) atoms. The highest BCUT2D eigenvalue weighted by atomic mass is 35.5. The second-order valence-corrected chi connectivity index (χ2v) is 7.12. The Morgan fingerprint density at radius 2 is 1.90 bits per heavy atom. The molecule has 0 aliphatic rings. The monoisotopic (exact) mass is 439 g/mol. The summed E-state index contributed by atoms with van der Waals surface area (Å²) in [5.41, 5.74) is 4.38. The summed E-state index contributed by atoms with van der Waals surface area (Å²) in [4.78, 5) is 29.8. The molecular weight excluding hydrogens is 418 g/mol. The molecule has 2 amide bonds. The van der Waals surface area contributed by atoms with Gasteiger partial charge < -0.3 is 5.11 Å². The van der Waals surface area contributed by atoms with Gasteiger partial charge in [0.2, 0.25) is 5.91 Å². The third-order valence-electron chi connectivity index (χ3n) is 4.64. The van der Waals surface area contributed by atoms with Crippen molar-refractivity contribution in [2.75, 3.05) is 13.7 Å². The molecule has 8 heteroatoms. The van der Waals surface area contributed by atoms with Crippen LogP contribution in [0.1, 0.15) is 28.4 Å². The van der Waals surface area contributed by atoms with E-state index in [0.29, 0.717) is 6.61 Å². The summed E-state index contributed by atoms with van der Waals surface area (Å²) in [6.07, 6.45) is 1.74. The number of amides is 2. The number of phenolic OH excluding ortho intramolecular Hbond substituents is 1. The highest BCUT2D eigenvalue weighted by Crippen LogP contribution is 2.24. The number of rotatable bonds is 7. The summed E-state index contributed by atoms with van der Waals surface area (Å²) in [6, 6.07) is 15.5. The summed E-state index contributed by atoms with van der Waals surface area (Å²) >= 11 is 5.84. The first kappa shape index (κ1) is 22.3. The standard InChI is InChI=1S/C23H22ClN3O4/c1-3-31-27(2)22(29)13-15-8-9-17(19-7-5-4-6-18(15)19)14-25-26-23(30)16-10-11-21(28)20(24)12-16/h4-12,14,28H,3,13H2,1-2H3,(H,26,30)/b25-14+. The molecule has 3 rings (SSSR count). The van der Waals surface area contributed by atoms with E-state index in [0.717, 1.165) is 21.9 Å². The molecule has 0 aliphatic carbocycles. The smallest absolute Gasteiger partial charge is 0.271 e. The first-order valence-electron chi connectivity index (χ1n) is 9.62. The van der Waals surface area contributed by atoms with Crippen LogP contribution >= 0.6 is 11.6 Å². The minimum atomic E-state index is -0.455. The predicted octanol–water partition coefficient (Wildman–Crippen LogP) is 3.92. The van der Waals surface area contributed by atoms with Gasteiger partial charge in [0.05, 0.1) is 24.3 Å². The van der Waals surface area contributed by atoms with E-state index in [1.807, 2.05) is 43.3 Å². The fraction of sp³-hybridized carbons (Fsp3) is 0.174. The molecule has 0 fully saturated rings. The molecule has 2 N–H and O–H groups in total. The van der Waals surface area contributed by atoms with Gasteiger partial charge in [-0.1, -0.05) is 48.0 Å². The van der Waals surface area contributed by atoms with Crippen LogP contribution in [0.2, 0.25) is 5.02 Å². The normalized spacial score (nSPS) is 11.1. The number of hydrazone groups is 1. The van der Waals surface area contributed by atoms with Gasteiger partial charge in [-0.25, -0.2) is 10.5 Å². The number of nitrogens with one attached hydrogen (secondary N) is 1. The Morgan fingerprint density at radius 3 is 2.61 bits per heavy atom. The van der Waals surface area contributed by atoms with E-state index >= 15 is 0 Å². The largest absolute Gasteiger partial charge is 0.506 e. The van der Waals surface area contributed by atoms with E-state index in [1.54, 1.807) is 13.3 Å². The van der Waals surface area contributed by atoms with Gasteiger partial charge >= 0.3 is 0 Å². The Morgan fingerprint density at radius 1 is 1.16 bits per heavy atom. The second-order valence-electron chi connectivity index (χ2n) is 6.71. The third-order valence-corrected chi connectivity index (χ3v) is 4.95. The number of halogens is 1. The van der Waals surface area contributed by atoms with Crippen molar-refractivity contribution in [3.05, 3.63) is 76.3 Å². The van der Waals surface area contributed by atoms with Gasteiger partial charge in [0, 0.05) is 18.2 Å². The number of hydrogen-bond donors (Lipinski definition) is 2. The van der Waals surface area contributed by atoms with Crippen LogP contribution in [0.25, 0.3) is 10.8 Å². The lowest BCUT2D eigenvalue weighted by Gasteiger charge is -2.16. The van der Waals surface area contributed by atoms with Crippen LogP contribution in [-0.2, 0) is 16.1 Å². The molecule has 160 valence electrons. The topological polar surface area (TPSA) is 91.2 Å². The van der Waals surface area contributed by atoms with Gasteiger partial charge in [-0.2, -0.15) is 5.10 Å². The summed E-state index contributed by atoms with van der Waals surface area (Å²) < 4.78 is 0. The maximum absolute atomic E-state index is 12.4. The van der Waals surface area contributed by atoms with Crippen molar-refractivity contribution in [1.82, 2.24) is 10.5 Å².